The lowest BCUT2D eigenvalue weighted by molar-refractivity contribution is -0.139. The molecule has 0 aromatic heterocycles. The first kappa shape index (κ1) is 28.2. The molecule has 0 heterocycles. The Morgan fingerprint density at radius 2 is 1.56 bits per heavy atom. The zero-order valence-electron chi connectivity index (χ0n) is 22.1. The molecule has 1 aliphatic rings. The topological polar surface area (TPSA) is 40.5 Å². The van der Waals surface area contributed by atoms with Crippen molar-refractivity contribution in [1.29, 1.82) is 0 Å². The largest absolute Gasteiger partial charge is 0.481 e. The summed E-state index contributed by atoms with van der Waals surface area (Å²) in [5.41, 5.74) is 2.77. The van der Waals surface area contributed by atoms with E-state index in [2.05, 4.69) is 63.8 Å². The van der Waals surface area contributed by atoms with Crippen LogP contribution in [-0.2, 0) is 22.9 Å². The maximum Gasteiger partial charge on any atom is 0.416 e. The summed E-state index contributed by atoms with van der Waals surface area (Å²) in [5, 5.41) is 9.38. The quantitative estimate of drug-likeness (QED) is 0.398. The second-order valence-corrected chi connectivity index (χ2v) is 11.8. The van der Waals surface area contributed by atoms with Crippen LogP contribution in [0.2, 0.25) is 0 Å². The Morgan fingerprint density at radius 1 is 0.972 bits per heavy atom. The van der Waals surface area contributed by atoms with Crippen LogP contribution in [-0.4, -0.2) is 28.6 Å². The summed E-state index contributed by atoms with van der Waals surface area (Å²) in [7, 11) is 0. The highest BCUT2D eigenvalue weighted by molar-refractivity contribution is 5.67. The Labute approximate surface area is 213 Å². The highest BCUT2D eigenvalue weighted by Crippen LogP contribution is 2.42. The third kappa shape index (κ3) is 7.58. The lowest BCUT2D eigenvalue weighted by Crippen LogP contribution is -2.44. The molecule has 36 heavy (non-hydrogen) atoms. The SMILES string of the molecule is CC(C)CN(Cc1ccc(C(C)(C)C)cc1)[C@@H]1CC[C@@H](CC(=O)O)C[C@H]1c1ccc(C(F)(F)F)cc1. The summed E-state index contributed by atoms with van der Waals surface area (Å²) in [6.45, 7) is 12.6. The van der Waals surface area contributed by atoms with E-state index in [1.165, 1.54) is 11.1 Å². The maximum atomic E-state index is 13.2. The molecule has 3 nitrogen and oxygen atoms in total. The molecule has 0 saturated heterocycles. The van der Waals surface area contributed by atoms with E-state index in [-0.39, 0.29) is 29.7 Å². The first-order valence-corrected chi connectivity index (χ1v) is 13.0. The van der Waals surface area contributed by atoms with Gasteiger partial charge in [0.2, 0.25) is 0 Å². The van der Waals surface area contributed by atoms with Gasteiger partial charge in [-0.15, -0.1) is 0 Å². The predicted octanol–water partition coefficient (Wildman–Crippen LogP) is 7.89. The summed E-state index contributed by atoms with van der Waals surface area (Å²) in [6, 6.07) is 14.4. The van der Waals surface area contributed by atoms with Crippen molar-refractivity contribution < 1.29 is 23.1 Å². The van der Waals surface area contributed by atoms with Crippen LogP contribution in [0.15, 0.2) is 48.5 Å². The van der Waals surface area contributed by atoms with Crippen LogP contribution in [0.25, 0.3) is 0 Å². The Hall–Kier alpha value is -2.34. The zero-order chi connectivity index (χ0) is 26.7. The highest BCUT2D eigenvalue weighted by Gasteiger charge is 2.37. The minimum Gasteiger partial charge on any atom is -0.481 e. The van der Waals surface area contributed by atoms with E-state index in [0.29, 0.717) is 12.3 Å². The van der Waals surface area contributed by atoms with E-state index in [1.54, 1.807) is 12.1 Å². The van der Waals surface area contributed by atoms with Crippen molar-refractivity contribution in [2.75, 3.05) is 6.54 Å². The van der Waals surface area contributed by atoms with Crippen molar-refractivity contribution >= 4 is 5.97 Å². The van der Waals surface area contributed by atoms with Gasteiger partial charge in [0, 0.05) is 25.6 Å². The van der Waals surface area contributed by atoms with E-state index in [0.717, 1.165) is 43.6 Å². The molecule has 1 N–H and O–H groups in total. The molecule has 0 amide bonds. The molecule has 6 heteroatoms. The minimum absolute atomic E-state index is 0.0158. The van der Waals surface area contributed by atoms with Gasteiger partial charge in [0.15, 0.2) is 0 Å². The Morgan fingerprint density at radius 3 is 2.06 bits per heavy atom. The Kier molecular flexibility index (Phi) is 8.92. The lowest BCUT2D eigenvalue weighted by Gasteiger charge is -2.43. The number of halogens is 3. The van der Waals surface area contributed by atoms with Gasteiger partial charge in [0.25, 0.3) is 0 Å². The normalized spacial score (nSPS) is 21.2. The van der Waals surface area contributed by atoms with Crippen LogP contribution >= 0.6 is 0 Å². The zero-order valence-corrected chi connectivity index (χ0v) is 22.1. The average Bonchev–Trinajstić information content (AvgIpc) is 2.77. The summed E-state index contributed by atoms with van der Waals surface area (Å²) >= 11 is 0. The number of aliphatic carboxylic acids is 1. The molecule has 0 unspecified atom stereocenters. The second kappa shape index (κ2) is 11.4. The second-order valence-electron chi connectivity index (χ2n) is 11.8. The molecule has 0 aliphatic heterocycles. The van der Waals surface area contributed by atoms with Crippen LogP contribution < -0.4 is 0 Å². The highest BCUT2D eigenvalue weighted by atomic mass is 19.4. The van der Waals surface area contributed by atoms with Crippen molar-refractivity contribution in [1.82, 2.24) is 4.90 Å². The third-order valence-electron chi connectivity index (χ3n) is 7.33. The Balaban J connectivity index is 1.91. The molecule has 0 radical (unpaired) electrons. The summed E-state index contributed by atoms with van der Waals surface area (Å²) in [4.78, 5) is 13.9. The van der Waals surface area contributed by atoms with Crippen LogP contribution in [0.4, 0.5) is 13.2 Å². The summed E-state index contributed by atoms with van der Waals surface area (Å²) in [6.07, 6.45) is -1.97. The molecule has 3 rings (SSSR count). The van der Waals surface area contributed by atoms with Crippen molar-refractivity contribution in [3.05, 3.63) is 70.8 Å². The summed E-state index contributed by atoms with van der Waals surface area (Å²) < 4.78 is 39.6. The molecule has 1 saturated carbocycles. The first-order chi connectivity index (χ1) is 16.7. The molecule has 1 fully saturated rings. The first-order valence-electron chi connectivity index (χ1n) is 13.0. The number of carbonyl (C=O) groups is 1. The van der Waals surface area contributed by atoms with Gasteiger partial charge in [0.05, 0.1) is 5.56 Å². The number of hydrogen-bond acceptors (Lipinski definition) is 2. The van der Waals surface area contributed by atoms with E-state index in [4.69, 9.17) is 0 Å². The van der Waals surface area contributed by atoms with Crippen LogP contribution in [0.5, 0.6) is 0 Å². The monoisotopic (exact) mass is 503 g/mol. The fourth-order valence-electron chi connectivity index (χ4n) is 5.52. The molecular formula is C30H40F3NO2. The van der Waals surface area contributed by atoms with Crippen LogP contribution in [0.3, 0.4) is 0 Å². The van der Waals surface area contributed by atoms with Crippen LogP contribution in [0, 0.1) is 11.8 Å². The number of benzene rings is 2. The van der Waals surface area contributed by atoms with Gasteiger partial charge in [-0.3, -0.25) is 9.69 Å². The number of rotatable bonds is 8. The van der Waals surface area contributed by atoms with Crippen molar-refractivity contribution in [2.45, 2.75) is 90.4 Å². The number of nitrogens with zero attached hydrogens (tertiary/aromatic N) is 1. The molecule has 198 valence electrons. The molecule has 2 aromatic rings. The van der Waals surface area contributed by atoms with E-state index in [1.807, 2.05) is 0 Å². The van der Waals surface area contributed by atoms with Crippen LogP contribution in [0.1, 0.15) is 88.5 Å². The Bertz CT molecular complexity index is 991. The van der Waals surface area contributed by atoms with Crippen molar-refractivity contribution in [3.63, 3.8) is 0 Å². The fraction of sp³-hybridized carbons (Fsp3) is 0.567. The van der Waals surface area contributed by atoms with Gasteiger partial charge in [-0.05, 0) is 71.3 Å². The molecule has 0 spiro atoms. The molecule has 2 aromatic carbocycles. The fourth-order valence-corrected chi connectivity index (χ4v) is 5.52. The maximum absolute atomic E-state index is 13.2. The van der Waals surface area contributed by atoms with Gasteiger partial charge < -0.3 is 5.11 Å². The van der Waals surface area contributed by atoms with Crippen molar-refractivity contribution in [3.8, 4) is 0 Å². The number of carboxylic acid groups (broad SMARTS) is 1. The average molecular weight is 504 g/mol. The number of alkyl halides is 3. The predicted molar refractivity (Wildman–Crippen MR) is 138 cm³/mol. The summed E-state index contributed by atoms with van der Waals surface area (Å²) in [5.74, 6) is -0.387. The van der Waals surface area contributed by atoms with Gasteiger partial charge >= 0.3 is 12.1 Å². The van der Waals surface area contributed by atoms with E-state index >= 15 is 0 Å². The third-order valence-corrected chi connectivity index (χ3v) is 7.33. The van der Waals surface area contributed by atoms with Gasteiger partial charge in [-0.25, -0.2) is 0 Å². The molecule has 0 bridgehead atoms. The number of carboxylic acids is 1. The lowest BCUT2D eigenvalue weighted by atomic mass is 9.72. The standard InChI is InChI=1S/C30H40F3NO2/c1-20(2)18-34(19-21-6-11-24(12-7-21)29(3,4)5)27-15-8-22(17-28(35)36)16-26(27)23-9-13-25(14-10-23)30(31,32)33/h6-7,9-14,20,22,26-27H,8,15-19H2,1-5H3,(H,35,36)/t22-,26+,27-/m1/s1. The van der Waals surface area contributed by atoms with E-state index < -0.39 is 17.7 Å². The van der Waals surface area contributed by atoms with Gasteiger partial charge in [0.1, 0.15) is 0 Å². The van der Waals surface area contributed by atoms with Gasteiger partial charge in [-0.2, -0.15) is 13.2 Å². The smallest absolute Gasteiger partial charge is 0.416 e. The van der Waals surface area contributed by atoms with Crippen molar-refractivity contribution in [2.24, 2.45) is 11.8 Å². The van der Waals surface area contributed by atoms with Gasteiger partial charge in [-0.1, -0.05) is 71.0 Å². The van der Waals surface area contributed by atoms with E-state index in [9.17, 15) is 23.1 Å². The molecular weight excluding hydrogens is 463 g/mol. The number of hydrogen-bond donors (Lipinski definition) is 1. The molecule has 3 atom stereocenters. The molecule has 1 aliphatic carbocycles. The minimum atomic E-state index is -4.38.